The third kappa shape index (κ3) is 1.53. The summed E-state index contributed by atoms with van der Waals surface area (Å²) in [5.74, 6) is -3.08. The quantitative estimate of drug-likeness (QED) is 0.711. The van der Waals surface area contributed by atoms with Gasteiger partial charge in [-0.15, -0.1) is 0 Å². The summed E-state index contributed by atoms with van der Waals surface area (Å²) in [5, 5.41) is 3.11. The largest absolute Gasteiger partial charge is 0.350 e. The van der Waals surface area contributed by atoms with E-state index in [1.165, 1.54) is 0 Å². The minimum absolute atomic E-state index is 0.0727. The van der Waals surface area contributed by atoms with Gasteiger partial charge in [-0.25, -0.2) is 8.42 Å². The molecule has 0 aromatic rings. The second-order valence-electron chi connectivity index (χ2n) is 3.73. The second kappa shape index (κ2) is 3.39. The molecule has 2 rings (SSSR count). The molecular weight excluding hydrogens is 214 g/mol. The minimum atomic E-state index is -4.36. The van der Waals surface area contributed by atoms with Gasteiger partial charge in [0.1, 0.15) is 0 Å². The average molecular weight is 226 g/mol. The normalized spacial score (nSPS) is 33.9. The predicted molar refractivity (Wildman–Crippen MR) is 46.4 cm³/mol. The number of nitrogens with one attached hydrogen (secondary N) is 1. The maximum atomic E-state index is 12.2. The van der Waals surface area contributed by atoms with Crippen molar-refractivity contribution in [3.05, 3.63) is 0 Å². The van der Waals surface area contributed by atoms with E-state index in [0.29, 0.717) is 0 Å². The van der Waals surface area contributed by atoms with Crippen LogP contribution in [0.4, 0.5) is 8.78 Å². The van der Waals surface area contributed by atoms with Crippen LogP contribution >= 0.6 is 0 Å². The third-order valence-electron chi connectivity index (χ3n) is 2.91. The lowest BCUT2D eigenvalue weighted by Crippen LogP contribution is -2.36. The van der Waals surface area contributed by atoms with Gasteiger partial charge >= 0.3 is 5.76 Å². The van der Waals surface area contributed by atoms with E-state index < -0.39 is 15.8 Å². The molecule has 0 radical (unpaired) electrons. The molecule has 82 valence electrons. The number of hydrogen-bond acceptors (Lipinski definition) is 3. The van der Waals surface area contributed by atoms with Gasteiger partial charge in [-0.3, -0.25) is 0 Å². The Balaban J connectivity index is 2.09. The first kappa shape index (κ1) is 10.3. The van der Waals surface area contributed by atoms with Gasteiger partial charge in [-0.2, -0.15) is 13.1 Å². The topological polar surface area (TPSA) is 49.4 Å². The lowest BCUT2D eigenvalue weighted by molar-refractivity contribution is 0.221. The van der Waals surface area contributed by atoms with Crippen molar-refractivity contribution in [2.45, 2.75) is 18.2 Å². The van der Waals surface area contributed by atoms with Crippen LogP contribution in [0.5, 0.6) is 0 Å². The van der Waals surface area contributed by atoms with Crippen LogP contribution in [0.2, 0.25) is 0 Å². The highest BCUT2D eigenvalue weighted by Crippen LogP contribution is 2.28. The molecule has 2 atom stereocenters. The summed E-state index contributed by atoms with van der Waals surface area (Å²) in [6.07, 6.45) is 0.875. The highest BCUT2D eigenvalue weighted by Gasteiger charge is 2.43. The molecule has 0 saturated carbocycles. The fourth-order valence-electron chi connectivity index (χ4n) is 2.13. The van der Waals surface area contributed by atoms with Gasteiger partial charge in [0.05, 0.1) is 0 Å². The third-order valence-corrected chi connectivity index (χ3v) is 4.38. The number of fused-ring (bicyclic) bond motifs is 1. The first-order chi connectivity index (χ1) is 6.51. The summed E-state index contributed by atoms with van der Waals surface area (Å²) in [5.41, 5.74) is 0. The molecule has 0 aromatic carbocycles. The highest BCUT2D eigenvalue weighted by atomic mass is 32.2. The van der Waals surface area contributed by atoms with Crippen molar-refractivity contribution in [1.82, 2.24) is 9.62 Å². The van der Waals surface area contributed by atoms with E-state index >= 15 is 0 Å². The Labute approximate surface area is 81.3 Å². The first-order valence-electron chi connectivity index (χ1n) is 4.52. The number of alkyl halides is 2. The standard InChI is InChI=1S/C7H12F2N2O2S/c8-7(9)14(12,13)11-3-5-1-2-10-6(5)4-11/h5-7,10H,1-4H2/t5-,6+/m0/s1. The van der Waals surface area contributed by atoms with Crippen molar-refractivity contribution >= 4 is 10.0 Å². The second-order valence-corrected chi connectivity index (χ2v) is 5.63. The molecule has 14 heavy (non-hydrogen) atoms. The molecule has 2 aliphatic heterocycles. The average Bonchev–Trinajstić information content (AvgIpc) is 2.60. The monoisotopic (exact) mass is 226 g/mol. The van der Waals surface area contributed by atoms with Crippen molar-refractivity contribution in [3.63, 3.8) is 0 Å². The smallest absolute Gasteiger partial charge is 0.312 e. The fraction of sp³-hybridized carbons (Fsp3) is 1.00. The van der Waals surface area contributed by atoms with E-state index in [-0.39, 0.29) is 25.0 Å². The zero-order valence-electron chi connectivity index (χ0n) is 7.49. The van der Waals surface area contributed by atoms with E-state index in [9.17, 15) is 17.2 Å². The molecule has 7 heteroatoms. The van der Waals surface area contributed by atoms with Crippen molar-refractivity contribution < 1.29 is 17.2 Å². The molecule has 2 heterocycles. The van der Waals surface area contributed by atoms with Crippen molar-refractivity contribution in [1.29, 1.82) is 0 Å². The van der Waals surface area contributed by atoms with Gasteiger partial charge in [0.2, 0.25) is 0 Å². The maximum absolute atomic E-state index is 12.2. The Hall–Kier alpha value is -0.270. The predicted octanol–water partition coefficient (Wildman–Crippen LogP) is -0.167. The zero-order chi connectivity index (χ0) is 10.3. The van der Waals surface area contributed by atoms with Crippen LogP contribution < -0.4 is 5.32 Å². The van der Waals surface area contributed by atoms with Crippen LogP contribution in [-0.4, -0.2) is 44.2 Å². The van der Waals surface area contributed by atoms with Gasteiger partial charge in [-0.05, 0) is 18.9 Å². The van der Waals surface area contributed by atoms with E-state index in [1.54, 1.807) is 0 Å². The van der Waals surface area contributed by atoms with E-state index in [4.69, 9.17) is 0 Å². The Bertz CT molecular complexity index is 308. The number of nitrogens with zero attached hydrogens (tertiary/aromatic N) is 1. The molecule has 0 spiro atoms. The molecule has 0 aromatic heterocycles. The lowest BCUT2D eigenvalue weighted by Gasteiger charge is -2.15. The molecular formula is C7H12F2N2O2S. The zero-order valence-corrected chi connectivity index (χ0v) is 8.30. The van der Waals surface area contributed by atoms with Gasteiger partial charge in [0, 0.05) is 19.1 Å². The van der Waals surface area contributed by atoms with Crippen molar-refractivity contribution in [3.8, 4) is 0 Å². The first-order valence-corrected chi connectivity index (χ1v) is 6.02. The Morgan fingerprint density at radius 3 is 2.64 bits per heavy atom. The molecule has 0 amide bonds. The lowest BCUT2D eigenvalue weighted by atomic mass is 10.1. The minimum Gasteiger partial charge on any atom is -0.312 e. The summed E-state index contributed by atoms with van der Waals surface area (Å²) in [4.78, 5) is 0. The van der Waals surface area contributed by atoms with Gasteiger partial charge < -0.3 is 5.32 Å². The number of rotatable bonds is 2. The Morgan fingerprint density at radius 2 is 2.07 bits per heavy atom. The molecule has 2 aliphatic rings. The summed E-state index contributed by atoms with van der Waals surface area (Å²) in [6, 6.07) is 0.0727. The maximum Gasteiger partial charge on any atom is 0.350 e. The van der Waals surface area contributed by atoms with Crippen LogP contribution in [-0.2, 0) is 10.0 Å². The van der Waals surface area contributed by atoms with E-state index in [0.717, 1.165) is 17.3 Å². The van der Waals surface area contributed by atoms with Crippen LogP contribution in [0.3, 0.4) is 0 Å². The summed E-state index contributed by atoms with van der Waals surface area (Å²) >= 11 is 0. The summed E-state index contributed by atoms with van der Waals surface area (Å²) in [7, 11) is -4.36. The number of halogens is 2. The SMILES string of the molecule is O=S(=O)(C(F)F)N1C[C@@H]2CCN[C@@H]2C1. The summed E-state index contributed by atoms with van der Waals surface area (Å²) < 4.78 is 47.5. The van der Waals surface area contributed by atoms with E-state index in [1.807, 2.05) is 0 Å². The Morgan fingerprint density at radius 1 is 1.36 bits per heavy atom. The molecule has 1 N–H and O–H groups in total. The van der Waals surface area contributed by atoms with Crippen LogP contribution in [0.25, 0.3) is 0 Å². The van der Waals surface area contributed by atoms with Crippen LogP contribution in [0.1, 0.15) is 6.42 Å². The number of sulfonamides is 1. The molecule has 0 aliphatic carbocycles. The van der Waals surface area contributed by atoms with Crippen LogP contribution in [0.15, 0.2) is 0 Å². The molecule has 2 fully saturated rings. The van der Waals surface area contributed by atoms with Crippen molar-refractivity contribution in [2.75, 3.05) is 19.6 Å². The molecule has 4 nitrogen and oxygen atoms in total. The van der Waals surface area contributed by atoms with Gasteiger partial charge in [0.25, 0.3) is 10.0 Å². The van der Waals surface area contributed by atoms with Gasteiger partial charge in [-0.1, -0.05) is 0 Å². The Kier molecular flexibility index (Phi) is 2.48. The fourth-order valence-corrected chi connectivity index (χ4v) is 3.12. The van der Waals surface area contributed by atoms with E-state index in [2.05, 4.69) is 5.32 Å². The molecule has 2 saturated heterocycles. The number of hydrogen-bond donors (Lipinski definition) is 1. The van der Waals surface area contributed by atoms with Gasteiger partial charge in [0.15, 0.2) is 0 Å². The van der Waals surface area contributed by atoms with Crippen LogP contribution in [0, 0.1) is 5.92 Å². The highest BCUT2D eigenvalue weighted by molar-refractivity contribution is 7.89. The molecule has 0 bridgehead atoms. The van der Waals surface area contributed by atoms with Crippen molar-refractivity contribution in [2.24, 2.45) is 5.92 Å². The summed E-state index contributed by atoms with van der Waals surface area (Å²) in [6.45, 7) is 1.29. The molecule has 0 unspecified atom stereocenters.